The summed E-state index contributed by atoms with van der Waals surface area (Å²) in [5.41, 5.74) is 0.165. The van der Waals surface area contributed by atoms with Gasteiger partial charge < -0.3 is 10.1 Å². The third-order valence-electron chi connectivity index (χ3n) is 3.67. The Bertz CT molecular complexity index is 176. The highest BCUT2D eigenvalue weighted by molar-refractivity contribution is 4.88. The van der Waals surface area contributed by atoms with Crippen LogP contribution in [0.25, 0.3) is 0 Å². The first-order chi connectivity index (χ1) is 7.72. The molecule has 0 aliphatic heterocycles. The van der Waals surface area contributed by atoms with Crippen LogP contribution in [0.3, 0.4) is 0 Å². The minimum atomic E-state index is 0.165. The molecule has 2 heteroatoms. The van der Waals surface area contributed by atoms with Gasteiger partial charge >= 0.3 is 0 Å². The van der Waals surface area contributed by atoms with Crippen LogP contribution in [-0.2, 0) is 4.74 Å². The lowest BCUT2D eigenvalue weighted by Crippen LogP contribution is -2.41. The van der Waals surface area contributed by atoms with Crippen molar-refractivity contribution in [1.82, 2.24) is 5.32 Å². The van der Waals surface area contributed by atoms with Crippen molar-refractivity contribution in [3.8, 4) is 0 Å². The topological polar surface area (TPSA) is 21.3 Å². The van der Waals surface area contributed by atoms with Crippen LogP contribution in [0.5, 0.6) is 0 Å². The van der Waals surface area contributed by atoms with E-state index in [1.807, 2.05) is 0 Å². The first-order valence-corrected chi connectivity index (χ1v) is 7.07. The van der Waals surface area contributed by atoms with E-state index < -0.39 is 0 Å². The highest BCUT2D eigenvalue weighted by Crippen LogP contribution is 2.33. The van der Waals surface area contributed by atoms with Gasteiger partial charge in [-0.25, -0.2) is 0 Å². The van der Waals surface area contributed by atoms with Crippen molar-refractivity contribution >= 4 is 0 Å². The van der Waals surface area contributed by atoms with Crippen LogP contribution >= 0.6 is 0 Å². The van der Waals surface area contributed by atoms with Crippen molar-refractivity contribution < 1.29 is 4.74 Å². The fourth-order valence-electron chi connectivity index (χ4n) is 2.64. The van der Waals surface area contributed by atoms with Gasteiger partial charge in [-0.15, -0.1) is 0 Å². The van der Waals surface area contributed by atoms with Crippen molar-refractivity contribution in [2.75, 3.05) is 19.7 Å². The highest BCUT2D eigenvalue weighted by atomic mass is 16.5. The van der Waals surface area contributed by atoms with Crippen LogP contribution in [0.15, 0.2) is 0 Å². The van der Waals surface area contributed by atoms with Crippen molar-refractivity contribution in [2.24, 2.45) is 5.92 Å². The van der Waals surface area contributed by atoms with E-state index >= 15 is 0 Å². The first-order valence-electron chi connectivity index (χ1n) is 7.07. The molecule has 0 bridgehead atoms. The zero-order valence-electron chi connectivity index (χ0n) is 11.3. The quantitative estimate of drug-likeness (QED) is 0.686. The van der Waals surface area contributed by atoms with Crippen LogP contribution in [0.1, 0.15) is 59.3 Å². The molecule has 0 saturated heterocycles. The fourth-order valence-corrected chi connectivity index (χ4v) is 2.64. The van der Waals surface area contributed by atoms with E-state index in [0.717, 1.165) is 19.7 Å². The number of rotatable bonds is 8. The summed E-state index contributed by atoms with van der Waals surface area (Å²) in [5, 5.41) is 3.46. The van der Waals surface area contributed by atoms with Crippen molar-refractivity contribution in [3.05, 3.63) is 0 Å². The first kappa shape index (κ1) is 14.0. The summed E-state index contributed by atoms with van der Waals surface area (Å²) in [6.07, 6.45) is 7.74. The minimum Gasteiger partial charge on any atom is -0.373 e. The van der Waals surface area contributed by atoms with Gasteiger partial charge in [0.15, 0.2) is 0 Å². The van der Waals surface area contributed by atoms with Gasteiger partial charge in [-0.05, 0) is 31.7 Å². The Kier molecular flexibility index (Phi) is 6.37. The van der Waals surface area contributed by atoms with E-state index in [0.29, 0.717) is 5.92 Å². The van der Waals surface area contributed by atoms with E-state index in [2.05, 4.69) is 26.1 Å². The second-order valence-electron chi connectivity index (χ2n) is 5.38. The Hall–Kier alpha value is -0.0800. The normalized spacial score (nSPS) is 21.2. The summed E-state index contributed by atoms with van der Waals surface area (Å²) in [5.74, 6) is 0.712. The van der Waals surface area contributed by atoms with Crippen molar-refractivity contribution in [2.45, 2.75) is 64.9 Å². The Morgan fingerprint density at radius 1 is 1.25 bits per heavy atom. The molecule has 0 aromatic carbocycles. The number of likely N-dealkylation sites (N-methyl/N-ethyl adjacent to an activating group) is 1. The summed E-state index contributed by atoms with van der Waals surface area (Å²) in [7, 11) is 0. The van der Waals surface area contributed by atoms with Crippen molar-refractivity contribution in [3.63, 3.8) is 0 Å². The maximum absolute atomic E-state index is 6.24. The fraction of sp³-hybridized carbons (Fsp3) is 1.00. The minimum absolute atomic E-state index is 0.165. The van der Waals surface area contributed by atoms with Gasteiger partial charge in [-0.2, -0.15) is 0 Å². The number of nitrogens with one attached hydrogen (secondary N) is 1. The third kappa shape index (κ3) is 4.42. The summed E-state index contributed by atoms with van der Waals surface area (Å²) < 4.78 is 6.24. The van der Waals surface area contributed by atoms with Gasteiger partial charge in [-0.3, -0.25) is 0 Å². The van der Waals surface area contributed by atoms with Gasteiger partial charge in [0.2, 0.25) is 0 Å². The molecule has 1 N–H and O–H groups in total. The Labute approximate surface area is 101 Å². The number of hydrogen-bond acceptors (Lipinski definition) is 2. The Morgan fingerprint density at radius 2 is 1.94 bits per heavy atom. The lowest BCUT2D eigenvalue weighted by Gasteiger charge is -2.31. The molecule has 1 rings (SSSR count). The summed E-state index contributed by atoms with van der Waals surface area (Å²) in [6, 6.07) is 0. The predicted molar refractivity (Wildman–Crippen MR) is 69.8 cm³/mol. The van der Waals surface area contributed by atoms with Gasteiger partial charge in [0.1, 0.15) is 0 Å². The summed E-state index contributed by atoms with van der Waals surface area (Å²) in [4.78, 5) is 0. The molecule has 0 aromatic rings. The van der Waals surface area contributed by atoms with E-state index in [4.69, 9.17) is 4.74 Å². The van der Waals surface area contributed by atoms with Crippen LogP contribution in [-0.4, -0.2) is 25.3 Å². The second kappa shape index (κ2) is 7.29. The lowest BCUT2D eigenvalue weighted by molar-refractivity contribution is -0.0536. The number of hydrogen-bond donors (Lipinski definition) is 1. The Morgan fingerprint density at radius 3 is 2.50 bits per heavy atom. The zero-order chi connectivity index (χ0) is 11.9. The van der Waals surface area contributed by atoms with Crippen LogP contribution < -0.4 is 5.32 Å². The molecule has 2 nitrogen and oxygen atoms in total. The monoisotopic (exact) mass is 227 g/mol. The molecule has 1 fully saturated rings. The average molecular weight is 227 g/mol. The lowest BCUT2D eigenvalue weighted by atomic mass is 10.0. The van der Waals surface area contributed by atoms with E-state index in [9.17, 15) is 0 Å². The van der Waals surface area contributed by atoms with E-state index in [-0.39, 0.29) is 5.60 Å². The molecule has 0 heterocycles. The molecular weight excluding hydrogens is 198 g/mol. The molecule has 0 radical (unpaired) electrons. The molecule has 0 amide bonds. The highest BCUT2D eigenvalue weighted by Gasteiger charge is 2.34. The zero-order valence-corrected chi connectivity index (χ0v) is 11.3. The van der Waals surface area contributed by atoms with Crippen LogP contribution in [0, 0.1) is 5.92 Å². The van der Waals surface area contributed by atoms with Gasteiger partial charge in [-0.1, -0.05) is 40.0 Å². The van der Waals surface area contributed by atoms with Gasteiger partial charge in [0, 0.05) is 13.2 Å². The van der Waals surface area contributed by atoms with Crippen molar-refractivity contribution in [1.29, 1.82) is 0 Å². The molecule has 1 unspecified atom stereocenters. The second-order valence-corrected chi connectivity index (χ2v) is 5.38. The molecule has 1 atom stereocenters. The SMILES string of the molecule is CCCC(C)COC1(CNCC)CCCC1. The largest absolute Gasteiger partial charge is 0.373 e. The summed E-state index contributed by atoms with van der Waals surface area (Å²) >= 11 is 0. The predicted octanol–water partition coefficient (Wildman–Crippen LogP) is 3.36. The molecule has 0 aromatic heterocycles. The maximum Gasteiger partial charge on any atom is 0.0806 e. The van der Waals surface area contributed by atoms with Gasteiger partial charge in [0.05, 0.1) is 5.60 Å². The summed E-state index contributed by atoms with van der Waals surface area (Å²) in [6.45, 7) is 9.76. The number of ether oxygens (including phenoxy) is 1. The van der Waals surface area contributed by atoms with E-state index in [1.54, 1.807) is 0 Å². The van der Waals surface area contributed by atoms with E-state index in [1.165, 1.54) is 38.5 Å². The molecule has 1 aliphatic carbocycles. The molecule has 1 aliphatic rings. The van der Waals surface area contributed by atoms with Crippen LogP contribution in [0.4, 0.5) is 0 Å². The van der Waals surface area contributed by atoms with Gasteiger partial charge in [0.25, 0.3) is 0 Å². The molecule has 0 spiro atoms. The smallest absolute Gasteiger partial charge is 0.0806 e. The Balaban J connectivity index is 2.32. The molecule has 1 saturated carbocycles. The molecular formula is C14H29NO. The van der Waals surface area contributed by atoms with Crippen LogP contribution in [0.2, 0.25) is 0 Å². The molecule has 16 heavy (non-hydrogen) atoms. The standard InChI is InChI=1S/C14H29NO/c1-4-8-13(3)11-16-14(12-15-5-2)9-6-7-10-14/h13,15H,4-12H2,1-3H3. The third-order valence-corrected chi connectivity index (χ3v) is 3.67. The average Bonchev–Trinajstić information content (AvgIpc) is 2.74. The molecule has 96 valence electrons. The maximum atomic E-state index is 6.24.